The molecule has 0 aliphatic carbocycles. The monoisotopic (exact) mass is 458 g/mol. The van der Waals surface area contributed by atoms with Gasteiger partial charge in [-0.25, -0.2) is 4.39 Å². The molecule has 2 aromatic carbocycles. The summed E-state index contributed by atoms with van der Waals surface area (Å²) in [6, 6.07) is 8.98. The molecule has 3 rings (SSSR count). The van der Waals surface area contributed by atoms with Crippen LogP contribution in [0.3, 0.4) is 0 Å². The van der Waals surface area contributed by atoms with Gasteiger partial charge >= 0.3 is 0 Å². The fraction of sp³-hybridized carbons (Fsp3) is 0.222. The van der Waals surface area contributed by atoms with Gasteiger partial charge in [-0.15, -0.1) is 0 Å². The summed E-state index contributed by atoms with van der Waals surface area (Å²) in [4.78, 5) is 28.3. The molecule has 1 saturated heterocycles. The lowest BCUT2D eigenvalue weighted by Crippen LogP contribution is -2.50. The number of halogens is 4. The summed E-state index contributed by atoms with van der Waals surface area (Å²) in [5.74, 6) is -0.923. The first-order chi connectivity index (χ1) is 12.3. The molecular formula is C18H14BrCl2FN2O2. The van der Waals surface area contributed by atoms with E-state index in [1.165, 1.54) is 12.1 Å². The standard InChI is InChI=1S/C18H14BrCl2FN2O2/c19-15-2-1-11(9-16(15)22)17(25)23-3-5-24(6-4-23)18(26)12-7-13(20)10-14(21)8-12/h1-2,7-10H,3-6H2. The van der Waals surface area contributed by atoms with E-state index in [1.807, 2.05) is 0 Å². The van der Waals surface area contributed by atoms with Crippen molar-refractivity contribution < 1.29 is 14.0 Å². The average Bonchev–Trinajstić information content (AvgIpc) is 2.62. The molecule has 4 nitrogen and oxygen atoms in total. The molecule has 1 aliphatic rings. The predicted molar refractivity (Wildman–Crippen MR) is 102 cm³/mol. The van der Waals surface area contributed by atoms with Crippen molar-refractivity contribution in [1.82, 2.24) is 9.80 Å². The second-order valence-corrected chi connectivity index (χ2v) is 7.60. The summed E-state index contributed by atoms with van der Waals surface area (Å²) in [5, 5.41) is 0.791. The minimum absolute atomic E-state index is 0.184. The second kappa shape index (κ2) is 7.94. The average molecular weight is 460 g/mol. The van der Waals surface area contributed by atoms with Gasteiger partial charge in [0.15, 0.2) is 0 Å². The van der Waals surface area contributed by atoms with Crippen LogP contribution in [-0.2, 0) is 0 Å². The highest BCUT2D eigenvalue weighted by molar-refractivity contribution is 9.10. The molecule has 1 fully saturated rings. The van der Waals surface area contributed by atoms with E-state index < -0.39 is 5.82 Å². The maximum absolute atomic E-state index is 13.6. The summed E-state index contributed by atoms with van der Waals surface area (Å²) in [5.41, 5.74) is 0.698. The molecule has 0 spiro atoms. The Morgan fingerprint density at radius 1 is 0.846 bits per heavy atom. The minimum Gasteiger partial charge on any atom is -0.335 e. The van der Waals surface area contributed by atoms with E-state index in [1.54, 1.807) is 34.1 Å². The number of hydrogen-bond donors (Lipinski definition) is 0. The Morgan fingerprint density at radius 2 is 1.35 bits per heavy atom. The van der Waals surface area contributed by atoms with Gasteiger partial charge in [-0.05, 0) is 52.3 Å². The third-order valence-corrected chi connectivity index (χ3v) is 5.21. The molecule has 1 aliphatic heterocycles. The van der Waals surface area contributed by atoms with Gasteiger partial charge in [-0.1, -0.05) is 23.2 Å². The number of carbonyl (C=O) groups excluding carboxylic acids is 2. The van der Waals surface area contributed by atoms with Crippen LogP contribution in [0.15, 0.2) is 40.9 Å². The third-order valence-electron chi connectivity index (χ3n) is 4.13. The van der Waals surface area contributed by atoms with Gasteiger partial charge in [-0.3, -0.25) is 9.59 Å². The second-order valence-electron chi connectivity index (χ2n) is 5.87. The zero-order chi connectivity index (χ0) is 18.8. The first-order valence-electron chi connectivity index (χ1n) is 7.85. The van der Waals surface area contributed by atoms with Crippen LogP contribution in [0.1, 0.15) is 20.7 Å². The SMILES string of the molecule is O=C(c1cc(Cl)cc(Cl)c1)N1CCN(C(=O)c2ccc(Br)c(F)c2)CC1. The van der Waals surface area contributed by atoms with Gasteiger partial charge in [0.1, 0.15) is 5.82 Å². The molecule has 0 bridgehead atoms. The molecule has 2 amide bonds. The smallest absolute Gasteiger partial charge is 0.254 e. The number of amides is 2. The largest absolute Gasteiger partial charge is 0.335 e. The van der Waals surface area contributed by atoms with E-state index in [4.69, 9.17) is 23.2 Å². The summed E-state index contributed by atoms with van der Waals surface area (Å²) in [6.07, 6.45) is 0. The number of benzene rings is 2. The van der Waals surface area contributed by atoms with Crippen molar-refractivity contribution in [1.29, 1.82) is 0 Å². The van der Waals surface area contributed by atoms with E-state index in [-0.39, 0.29) is 17.4 Å². The highest BCUT2D eigenvalue weighted by Gasteiger charge is 2.26. The Kier molecular flexibility index (Phi) is 5.85. The van der Waals surface area contributed by atoms with Crippen molar-refractivity contribution in [3.63, 3.8) is 0 Å². The Hall–Kier alpha value is -1.63. The minimum atomic E-state index is -0.484. The van der Waals surface area contributed by atoms with Crippen LogP contribution in [0.25, 0.3) is 0 Å². The molecule has 8 heteroatoms. The first-order valence-corrected chi connectivity index (χ1v) is 9.40. The van der Waals surface area contributed by atoms with Gasteiger partial charge in [0.2, 0.25) is 0 Å². The lowest BCUT2D eigenvalue weighted by atomic mass is 10.1. The Labute approximate surface area is 168 Å². The summed E-state index contributed by atoms with van der Waals surface area (Å²) in [7, 11) is 0. The van der Waals surface area contributed by atoms with Crippen LogP contribution < -0.4 is 0 Å². The first kappa shape index (κ1) is 19.1. The molecule has 0 atom stereocenters. The number of nitrogens with zero attached hydrogens (tertiary/aromatic N) is 2. The quantitative estimate of drug-likeness (QED) is 0.663. The maximum Gasteiger partial charge on any atom is 0.254 e. The summed E-state index contributed by atoms with van der Waals surface area (Å²) >= 11 is 15.0. The van der Waals surface area contributed by atoms with Crippen molar-refractivity contribution in [3.8, 4) is 0 Å². The van der Waals surface area contributed by atoms with Gasteiger partial charge in [0.05, 0.1) is 4.47 Å². The van der Waals surface area contributed by atoms with Crippen molar-refractivity contribution in [2.75, 3.05) is 26.2 Å². The van der Waals surface area contributed by atoms with Gasteiger partial charge in [0.25, 0.3) is 11.8 Å². The molecule has 0 N–H and O–H groups in total. The normalized spacial score (nSPS) is 14.5. The zero-order valence-corrected chi connectivity index (χ0v) is 16.6. The topological polar surface area (TPSA) is 40.6 Å². The zero-order valence-electron chi connectivity index (χ0n) is 13.5. The molecule has 26 heavy (non-hydrogen) atoms. The van der Waals surface area contributed by atoms with Crippen molar-refractivity contribution in [2.24, 2.45) is 0 Å². The lowest BCUT2D eigenvalue weighted by Gasteiger charge is -2.35. The van der Waals surface area contributed by atoms with E-state index in [0.29, 0.717) is 46.3 Å². The molecule has 0 unspecified atom stereocenters. The fourth-order valence-corrected chi connectivity index (χ4v) is 3.56. The van der Waals surface area contributed by atoms with Crippen LogP contribution >= 0.6 is 39.1 Å². The van der Waals surface area contributed by atoms with Crippen LogP contribution in [0.2, 0.25) is 10.0 Å². The van der Waals surface area contributed by atoms with E-state index in [0.717, 1.165) is 0 Å². The Morgan fingerprint density at radius 3 is 1.85 bits per heavy atom. The van der Waals surface area contributed by atoms with Gasteiger partial charge < -0.3 is 9.80 Å². The third kappa shape index (κ3) is 4.19. The van der Waals surface area contributed by atoms with Crippen LogP contribution in [0.4, 0.5) is 4.39 Å². The van der Waals surface area contributed by atoms with Crippen molar-refractivity contribution in [2.45, 2.75) is 0 Å². The van der Waals surface area contributed by atoms with E-state index in [9.17, 15) is 14.0 Å². The van der Waals surface area contributed by atoms with Crippen LogP contribution in [-0.4, -0.2) is 47.8 Å². The summed E-state index contributed by atoms with van der Waals surface area (Å²) in [6.45, 7) is 1.51. The molecule has 136 valence electrons. The van der Waals surface area contributed by atoms with Crippen LogP contribution in [0.5, 0.6) is 0 Å². The highest BCUT2D eigenvalue weighted by Crippen LogP contribution is 2.21. The summed E-state index contributed by atoms with van der Waals surface area (Å²) < 4.78 is 13.9. The maximum atomic E-state index is 13.6. The van der Waals surface area contributed by atoms with Crippen molar-refractivity contribution >= 4 is 50.9 Å². The molecular weight excluding hydrogens is 446 g/mol. The van der Waals surface area contributed by atoms with E-state index >= 15 is 0 Å². The van der Waals surface area contributed by atoms with Crippen LogP contribution in [0, 0.1) is 5.82 Å². The predicted octanol–water partition coefficient (Wildman–Crippen LogP) is 4.49. The molecule has 2 aromatic rings. The molecule has 0 radical (unpaired) electrons. The van der Waals surface area contributed by atoms with E-state index in [2.05, 4.69) is 15.9 Å². The van der Waals surface area contributed by atoms with Crippen molar-refractivity contribution in [3.05, 3.63) is 67.9 Å². The molecule has 0 saturated carbocycles. The number of carbonyl (C=O) groups is 2. The molecule has 0 aromatic heterocycles. The molecule has 1 heterocycles. The Bertz CT molecular complexity index is 850. The number of piperazine rings is 1. The fourth-order valence-electron chi connectivity index (χ4n) is 2.78. The lowest BCUT2D eigenvalue weighted by molar-refractivity contribution is 0.0535. The van der Waals surface area contributed by atoms with Gasteiger partial charge in [-0.2, -0.15) is 0 Å². The van der Waals surface area contributed by atoms with Gasteiger partial charge in [0, 0.05) is 47.4 Å². The Balaban J connectivity index is 1.65. The highest BCUT2D eigenvalue weighted by atomic mass is 79.9. The number of rotatable bonds is 2. The number of hydrogen-bond acceptors (Lipinski definition) is 2.